The van der Waals surface area contributed by atoms with Gasteiger partial charge in [0.25, 0.3) is 0 Å². The lowest BCUT2D eigenvalue weighted by Crippen LogP contribution is -2.32. The Hall–Kier alpha value is -1.14. The number of rotatable bonds is 7. The highest BCUT2D eigenvalue weighted by atomic mass is 16.5. The van der Waals surface area contributed by atoms with Gasteiger partial charge in [-0.15, -0.1) is 0 Å². The highest BCUT2D eigenvalue weighted by Crippen LogP contribution is 1.84. The van der Waals surface area contributed by atoms with Gasteiger partial charge in [-0.3, -0.25) is 4.79 Å². The molecule has 1 atom stereocenters. The summed E-state index contributed by atoms with van der Waals surface area (Å²) in [5.41, 5.74) is 5.39. The predicted octanol–water partition coefficient (Wildman–Crippen LogP) is -1.06. The Kier molecular flexibility index (Phi) is 6.69. The molecule has 0 aliphatic rings. The molecule has 6 heteroatoms. The summed E-state index contributed by atoms with van der Waals surface area (Å²) < 4.78 is 4.70. The second-order valence-electron chi connectivity index (χ2n) is 2.98. The number of carboxylic acid groups (broad SMARTS) is 1. The van der Waals surface area contributed by atoms with Gasteiger partial charge in [-0.25, -0.2) is 4.79 Å². The number of nitrogens with two attached hydrogens (primary N) is 1. The first-order valence-corrected chi connectivity index (χ1v) is 4.34. The van der Waals surface area contributed by atoms with Gasteiger partial charge in [-0.1, -0.05) is 0 Å². The molecule has 0 aromatic carbocycles. The standard InChI is InChI=1S/C8H16N2O4/c1-6(9)4-7(11)10-2-3-14-5-8(12)13/h6H,2-5,9H2,1H3,(H,10,11)(H,12,13). The van der Waals surface area contributed by atoms with E-state index in [-0.39, 0.29) is 31.6 Å². The van der Waals surface area contributed by atoms with Crippen LogP contribution in [0.4, 0.5) is 0 Å². The van der Waals surface area contributed by atoms with E-state index in [9.17, 15) is 9.59 Å². The molecule has 0 radical (unpaired) electrons. The molecule has 0 aromatic heterocycles. The lowest BCUT2D eigenvalue weighted by atomic mass is 10.2. The summed E-state index contributed by atoms with van der Waals surface area (Å²) >= 11 is 0. The molecule has 0 bridgehead atoms. The predicted molar refractivity (Wildman–Crippen MR) is 49.7 cm³/mol. The van der Waals surface area contributed by atoms with E-state index in [2.05, 4.69) is 5.32 Å². The zero-order valence-corrected chi connectivity index (χ0v) is 8.16. The number of aliphatic carboxylic acids is 1. The molecule has 0 aromatic rings. The number of nitrogens with one attached hydrogen (secondary N) is 1. The van der Waals surface area contributed by atoms with E-state index >= 15 is 0 Å². The van der Waals surface area contributed by atoms with Crippen LogP contribution in [-0.4, -0.2) is 42.8 Å². The van der Waals surface area contributed by atoms with E-state index in [1.807, 2.05) is 0 Å². The summed E-state index contributed by atoms with van der Waals surface area (Å²) in [5, 5.41) is 10.8. The molecule has 0 aliphatic carbocycles. The first-order valence-electron chi connectivity index (χ1n) is 4.34. The molecule has 0 heterocycles. The fourth-order valence-electron chi connectivity index (χ4n) is 0.787. The van der Waals surface area contributed by atoms with Crippen LogP contribution in [0.5, 0.6) is 0 Å². The summed E-state index contributed by atoms with van der Waals surface area (Å²) in [6.07, 6.45) is 0.263. The van der Waals surface area contributed by atoms with Crippen LogP contribution < -0.4 is 11.1 Å². The normalized spacial score (nSPS) is 12.1. The molecule has 14 heavy (non-hydrogen) atoms. The number of carboxylic acids is 1. The number of ether oxygens (including phenoxy) is 1. The van der Waals surface area contributed by atoms with Crippen molar-refractivity contribution in [3.05, 3.63) is 0 Å². The van der Waals surface area contributed by atoms with Gasteiger partial charge in [0.05, 0.1) is 6.61 Å². The molecular weight excluding hydrogens is 188 g/mol. The van der Waals surface area contributed by atoms with Crippen molar-refractivity contribution in [2.24, 2.45) is 5.73 Å². The van der Waals surface area contributed by atoms with Crippen molar-refractivity contribution in [3.8, 4) is 0 Å². The van der Waals surface area contributed by atoms with Gasteiger partial charge in [-0.05, 0) is 6.92 Å². The van der Waals surface area contributed by atoms with Crippen molar-refractivity contribution in [3.63, 3.8) is 0 Å². The molecule has 0 saturated heterocycles. The van der Waals surface area contributed by atoms with Crippen molar-refractivity contribution < 1.29 is 19.4 Å². The molecule has 0 aliphatic heterocycles. The lowest BCUT2D eigenvalue weighted by molar-refractivity contribution is -0.142. The van der Waals surface area contributed by atoms with Crippen LogP contribution in [0.2, 0.25) is 0 Å². The molecule has 1 unspecified atom stereocenters. The third-order valence-electron chi connectivity index (χ3n) is 1.30. The van der Waals surface area contributed by atoms with Gasteiger partial charge >= 0.3 is 5.97 Å². The molecule has 1 amide bonds. The minimum absolute atomic E-state index is 0.154. The Bertz CT molecular complexity index is 194. The smallest absolute Gasteiger partial charge is 0.329 e. The van der Waals surface area contributed by atoms with Gasteiger partial charge in [0, 0.05) is 19.0 Å². The molecule has 0 saturated carbocycles. The summed E-state index contributed by atoms with van der Waals surface area (Å²) in [4.78, 5) is 21.0. The van der Waals surface area contributed by atoms with Crippen molar-refractivity contribution >= 4 is 11.9 Å². The average Bonchev–Trinajstić information content (AvgIpc) is 2.01. The second-order valence-corrected chi connectivity index (χ2v) is 2.98. The maximum Gasteiger partial charge on any atom is 0.329 e. The van der Waals surface area contributed by atoms with E-state index in [4.69, 9.17) is 15.6 Å². The average molecular weight is 204 g/mol. The second kappa shape index (κ2) is 7.28. The topological polar surface area (TPSA) is 102 Å². The Labute approximate surface area is 82.4 Å². The third kappa shape index (κ3) is 8.95. The van der Waals surface area contributed by atoms with Crippen LogP contribution >= 0.6 is 0 Å². The molecule has 0 fully saturated rings. The Morgan fingerprint density at radius 2 is 2.21 bits per heavy atom. The fourth-order valence-corrected chi connectivity index (χ4v) is 0.787. The number of hydrogen-bond donors (Lipinski definition) is 3. The van der Waals surface area contributed by atoms with E-state index in [0.29, 0.717) is 6.54 Å². The van der Waals surface area contributed by atoms with Crippen molar-refractivity contribution in [1.29, 1.82) is 0 Å². The maximum atomic E-state index is 11.0. The summed E-state index contributed by atoms with van der Waals surface area (Å²) in [6.45, 7) is 1.89. The molecular formula is C8H16N2O4. The van der Waals surface area contributed by atoms with Gasteiger partial charge in [-0.2, -0.15) is 0 Å². The van der Waals surface area contributed by atoms with E-state index in [1.165, 1.54) is 0 Å². The minimum Gasteiger partial charge on any atom is -0.480 e. The third-order valence-corrected chi connectivity index (χ3v) is 1.30. The van der Waals surface area contributed by atoms with Crippen LogP contribution in [0.25, 0.3) is 0 Å². The quantitative estimate of drug-likeness (QED) is 0.459. The van der Waals surface area contributed by atoms with Gasteiger partial charge in [0.15, 0.2) is 0 Å². The van der Waals surface area contributed by atoms with E-state index in [1.54, 1.807) is 6.92 Å². The number of amides is 1. The van der Waals surface area contributed by atoms with Crippen LogP contribution in [0.15, 0.2) is 0 Å². The van der Waals surface area contributed by atoms with Crippen molar-refractivity contribution in [2.75, 3.05) is 19.8 Å². The maximum absolute atomic E-state index is 11.0. The SMILES string of the molecule is CC(N)CC(=O)NCCOCC(=O)O. The van der Waals surface area contributed by atoms with E-state index in [0.717, 1.165) is 0 Å². The van der Waals surface area contributed by atoms with Crippen LogP contribution in [0.1, 0.15) is 13.3 Å². The zero-order chi connectivity index (χ0) is 11.0. The Morgan fingerprint density at radius 3 is 2.71 bits per heavy atom. The van der Waals surface area contributed by atoms with Crippen molar-refractivity contribution in [1.82, 2.24) is 5.32 Å². The summed E-state index contributed by atoms with van der Waals surface area (Å²) in [5.74, 6) is -1.18. The number of hydrogen-bond acceptors (Lipinski definition) is 4. The first-order chi connectivity index (χ1) is 6.52. The lowest BCUT2D eigenvalue weighted by Gasteiger charge is -2.06. The van der Waals surface area contributed by atoms with Crippen LogP contribution in [0, 0.1) is 0 Å². The van der Waals surface area contributed by atoms with Gasteiger partial charge < -0.3 is 20.9 Å². The van der Waals surface area contributed by atoms with Crippen molar-refractivity contribution in [2.45, 2.75) is 19.4 Å². The monoisotopic (exact) mass is 204 g/mol. The first kappa shape index (κ1) is 12.9. The van der Waals surface area contributed by atoms with Gasteiger partial charge in [0.1, 0.15) is 6.61 Å². The molecule has 0 spiro atoms. The Balaban J connectivity index is 3.27. The molecule has 4 N–H and O–H groups in total. The largest absolute Gasteiger partial charge is 0.480 e. The minimum atomic E-state index is -1.02. The number of carbonyl (C=O) groups is 2. The zero-order valence-electron chi connectivity index (χ0n) is 8.16. The molecule has 82 valence electrons. The molecule has 6 nitrogen and oxygen atoms in total. The highest BCUT2D eigenvalue weighted by molar-refractivity contribution is 5.76. The molecule has 0 rings (SSSR count). The fraction of sp³-hybridized carbons (Fsp3) is 0.750. The summed E-state index contributed by atoms with van der Waals surface area (Å²) in [7, 11) is 0. The van der Waals surface area contributed by atoms with Crippen LogP contribution in [-0.2, 0) is 14.3 Å². The van der Waals surface area contributed by atoms with Crippen LogP contribution in [0.3, 0.4) is 0 Å². The summed E-state index contributed by atoms with van der Waals surface area (Å²) in [6, 6.07) is -0.171. The Morgan fingerprint density at radius 1 is 1.57 bits per heavy atom. The number of carbonyl (C=O) groups excluding carboxylic acids is 1. The highest BCUT2D eigenvalue weighted by Gasteiger charge is 2.03. The van der Waals surface area contributed by atoms with E-state index < -0.39 is 5.97 Å². The van der Waals surface area contributed by atoms with Gasteiger partial charge in [0.2, 0.25) is 5.91 Å².